The highest BCUT2D eigenvalue weighted by Gasteiger charge is 2.49. The van der Waals surface area contributed by atoms with Gasteiger partial charge in [-0.25, -0.2) is 4.98 Å². The van der Waals surface area contributed by atoms with E-state index in [1.807, 2.05) is 6.92 Å². The van der Waals surface area contributed by atoms with Gasteiger partial charge in [0.15, 0.2) is 11.6 Å². The number of nitrogens with zero attached hydrogens (tertiary/aromatic N) is 3. The Labute approximate surface area is 153 Å². The smallest absolute Gasteiger partial charge is 0.206 e. The fourth-order valence-corrected chi connectivity index (χ4v) is 2.98. The van der Waals surface area contributed by atoms with Crippen LogP contribution in [-0.4, -0.2) is 28.1 Å². The first kappa shape index (κ1) is 18.8. The van der Waals surface area contributed by atoms with Crippen molar-refractivity contribution in [1.29, 1.82) is 0 Å². The summed E-state index contributed by atoms with van der Waals surface area (Å²) in [5, 5.41) is 3.61. The minimum absolute atomic E-state index is 0.0817. The predicted molar refractivity (Wildman–Crippen MR) is 95.9 cm³/mol. The van der Waals surface area contributed by atoms with E-state index in [4.69, 9.17) is 0 Å². The van der Waals surface area contributed by atoms with E-state index in [2.05, 4.69) is 10.1 Å². The molecule has 3 rings (SSSR count). The minimum atomic E-state index is -5.71. The molecule has 140 valence electrons. The summed E-state index contributed by atoms with van der Waals surface area (Å²) < 4.78 is 62.8. The molecule has 0 radical (unpaired) electrons. The van der Waals surface area contributed by atoms with Crippen LogP contribution in [0.15, 0.2) is 54.6 Å². The second-order valence-corrected chi connectivity index (χ2v) is 7.46. The molecule has 0 fully saturated rings. The first-order chi connectivity index (χ1) is 12.7. The zero-order chi connectivity index (χ0) is 19.7. The van der Waals surface area contributed by atoms with Crippen molar-refractivity contribution in [3.63, 3.8) is 0 Å². The van der Waals surface area contributed by atoms with Crippen LogP contribution < -0.4 is 0 Å². The molecule has 1 aromatic heterocycles. The minimum Gasteiger partial charge on any atom is -0.206 e. The fraction of sp³-hybridized carbons (Fsp3) is 0.111. The molecule has 27 heavy (non-hydrogen) atoms. The third-order valence-electron chi connectivity index (χ3n) is 3.66. The Morgan fingerprint density at radius 3 is 2.19 bits per heavy atom. The first-order valence-electron chi connectivity index (χ1n) is 7.77. The quantitative estimate of drug-likeness (QED) is 0.669. The van der Waals surface area contributed by atoms with E-state index in [1.54, 1.807) is 54.6 Å². The van der Waals surface area contributed by atoms with Crippen molar-refractivity contribution in [3.05, 3.63) is 71.5 Å². The van der Waals surface area contributed by atoms with Gasteiger partial charge in [0.1, 0.15) is 0 Å². The lowest BCUT2D eigenvalue weighted by atomic mass is 10.1. The van der Waals surface area contributed by atoms with E-state index in [-0.39, 0.29) is 9.91 Å². The Balaban J connectivity index is 2.12. The van der Waals surface area contributed by atoms with Crippen LogP contribution in [0.3, 0.4) is 0 Å². The Morgan fingerprint density at radius 2 is 1.59 bits per heavy atom. The third kappa shape index (κ3) is 3.92. The molecule has 0 unspecified atom stereocenters. The van der Waals surface area contributed by atoms with Gasteiger partial charge in [-0.15, -0.1) is 9.19 Å². The van der Waals surface area contributed by atoms with Gasteiger partial charge < -0.3 is 0 Å². The Morgan fingerprint density at radius 1 is 0.963 bits per heavy atom. The van der Waals surface area contributed by atoms with Crippen molar-refractivity contribution in [3.8, 4) is 11.4 Å². The SMILES string of the molecule is Cc1ccc(-c2nc(/C=C/c3ccccc3)n(S(=O)(=O)C(F)(F)F)n2)cc1. The Bertz CT molecular complexity index is 1070. The second-order valence-electron chi connectivity index (χ2n) is 5.70. The van der Waals surface area contributed by atoms with E-state index in [0.717, 1.165) is 5.56 Å². The number of aromatic nitrogens is 3. The van der Waals surface area contributed by atoms with Gasteiger partial charge in [-0.3, -0.25) is 0 Å². The summed E-state index contributed by atoms with van der Waals surface area (Å²) in [6.07, 6.45) is 2.65. The van der Waals surface area contributed by atoms with E-state index < -0.39 is 21.4 Å². The highest BCUT2D eigenvalue weighted by atomic mass is 32.2. The first-order valence-corrected chi connectivity index (χ1v) is 9.21. The van der Waals surface area contributed by atoms with Crippen LogP contribution in [-0.2, 0) is 10.0 Å². The van der Waals surface area contributed by atoms with E-state index in [0.29, 0.717) is 11.1 Å². The van der Waals surface area contributed by atoms with E-state index in [9.17, 15) is 21.6 Å². The van der Waals surface area contributed by atoms with Crippen molar-refractivity contribution in [2.45, 2.75) is 12.4 Å². The number of benzene rings is 2. The number of rotatable bonds is 4. The van der Waals surface area contributed by atoms with Gasteiger partial charge in [0.2, 0.25) is 0 Å². The van der Waals surface area contributed by atoms with E-state index in [1.165, 1.54) is 12.2 Å². The van der Waals surface area contributed by atoms with Gasteiger partial charge in [-0.2, -0.15) is 21.6 Å². The number of halogens is 3. The highest BCUT2D eigenvalue weighted by Crippen LogP contribution is 2.27. The number of aryl methyl sites for hydroxylation is 1. The summed E-state index contributed by atoms with van der Waals surface area (Å²) in [5.74, 6) is -0.553. The monoisotopic (exact) mass is 393 g/mol. The summed E-state index contributed by atoms with van der Waals surface area (Å²) in [5.41, 5.74) is -3.48. The number of alkyl halides is 3. The highest BCUT2D eigenvalue weighted by molar-refractivity contribution is 7.90. The molecule has 2 aromatic carbocycles. The summed E-state index contributed by atoms with van der Waals surface area (Å²) in [4.78, 5) is 3.99. The zero-order valence-electron chi connectivity index (χ0n) is 14.1. The Kier molecular flexibility index (Phi) is 4.88. The second kappa shape index (κ2) is 6.99. The molecule has 0 saturated heterocycles. The topological polar surface area (TPSA) is 64.8 Å². The molecule has 0 aliphatic rings. The predicted octanol–water partition coefficient (Wildman–Crippen LogP) is 4.12. The molecular formula is C18H14F3N3O2S. The molecule has 0 aliphatic heterocycles. The number of hydrogen-bond donors (Lipinski definition) is 0. The summed E-state index contributed by atoms with van der Waals surface area (Å²) in [7, 11) is -5.71. The normalized spacial score (nSPS) is 12.6. The van der Waals surface area contributed by atoms with Crippen LogP contribution in [0.5, 0.6) is 0 Å². The molecule has 9 heteroatoms. The maximum atomic E-state index is 13.0. The van der Waals surface area contributed by atoms with E-state index >= 15 is 0 Å². The van der Waals surface area contributed by atoms with Crippen LogP contribution >= 0.6 is 0 Å². The fourth-order valence-electron chi connectivity index (χ4n) is 2.25. The lowest BCUT2D eigenvalue weighted by Gasteiger charge is -2.08. The average Bonchev–Trinajstić information content (AvgIpc) is 3.05. The molecule has 0 saturated carbocycles. The van der Waals surface area contributed by atoms with Crippen molar-refractivity contribution < 1.29 is 21.6 Å². The van der Waals surface area contributed by atoms with Crippen LogP contribution in [0.2, 0.25) is 0 Å². The third-order valence-corrected chi connectivity index (χ3v) is 4.97. The van der Waals surface area contributed by atoms with Crippen LogP contribution in [0.25, 0.3) is 23.5 Å². The number of hydrogen-bond acceptors (Lipinski definition) is 4. The van der Waals surface area contributed by atoms with Crippen LogP contribution in [0.1, 0.15) is 17.0 Å². The molecule has 5 nitrogen and oxygen atoms in total. The molecular weight excluding hydrogens is 379 g/mol. The molecule has 0 aliphatic carbocycles. The van der Waals surface area contributed by atoms with Crippen molar-refractivity contribution in [1.82, 2.24) is 14.2 Å². The Hall–Kier alpha value is -2.94. The maximum absolute atomic E-state index is 13.0. The lowest BCUT2D eigenvalue weighted by molar-refractivity contribution is -0.0449. The standard InChI is InChI=1S/C18H14F3N3O2S/c1-13-7-10-15(11-8-13)17-22-16(12-9-14-5-3-2-4-6-14)24(23-17)27(25,26)18(19,20)21/h2-12H,1H3/b12-9+. The summed E-state index contributed by atoms with van der Waals surface area (Å²) in [6, 6.07) is 15.4. The van der Waals surface area contributed by atoms with Gasteiger partial charge in [0.25, 0.3) is 0 Å². The van der Waals surface area contributed by atoms with Crippen molar-refractivity contribution in [2.24, 2.45) is 0 Å². The lowest BCUT2D eigenvalue weighted by Crippen LogP contribution is -2.31. The van der Waals surface area contributed by atoms with Gasteiger partial charge >= 0.3 is 15.5 Å². The molecule has 0 spiro atoms. The van der Waals surface area contributed by atoms with Crippen molar-refractivity contribution >= 4 is 22.2 Å². The molecule has 3 aromatic rings. The maximum Gasteiger partial charge on any atom is 0.518 e. The molecule has 0 N–H and O–H groups in total. The largest absolute Gasteiger partial charge is 0.518 e. The zero-order valence-corrected chi connectivity index (χ0v) is 14.9. The van der Waals surface area contributed by atoms with Gasteiger partial charge in [-0.05, 0) is 18.6 Å². The molecule has 0 bridgehead atoms. The molecule has 0 atom stereocenters. The van der Waals surface area contributed by atoms with Crippen LogP contribution in [0.4, 0.5) is 13.2 Å². The van der Waals surface area contributed by atoms with Gasteiger partial charge in [0, 0.05) is 5.56 Å². The van der Waals surface area contributed by atoms with Crippen LogP contribution in [0, 0.1) is 6.92 Å². The van der Waals surface area contributed by atoms with Gasteiger partial charge in [0.05, 0.1) is 0 Å². The average molecular weight is 393 g/mol. The molecule has 1 heterocycles. The van der Waals surface area contributed by atoms with Crippen molar-refractivity contribution in [2.75, 3.05) is 0 Å². The summed E-state index contributed by atoms with van der Waals surface area (Å²) in [6.45, 7) is 1.85. The molecule has 0 amide bonds. The summed E-state index contributed by atoms with van der Waals surface area (Å²) >= 11 is 0. The van der Waals surface area contributed by atoms with Gasteiger partial charge in [-0.1, -0.05) is 66.2 Å².